The third-order valence-electron chi connectivity index (χ3n) is 3.09. The van der Waals surface area contributed by atoms with Crippen molar-refractivity contribution in [3.63, 3.8) is 0 Å². The molecule has 0 aromatic heterocycles. The number of benzene rings is 2. The topological polar surface area (TPSA) is 44.8 Å². The molecule has 21 heavy (non-hydrogen) atoms. The minimum atomic E-state index is -3.21. The fraction of sp³-hybridized carbons (Fsp3) is 0.250. The van der Waals surface area contributed by atoms with E-state index < -0.39 is 7.60 Å². The summed E-state index contributed by atoms with van der Waals surface area (Å²) in [5.74, 6) is 0. The van der Waals surface area contributed by atoms with Gasteiger partial charge in [-0.3, -0.25) is 4.57 Å². The maximum Gasteiger partial charge on any atom is 0.360 e. The molecule has 2 aromatic rings. The first-order valence-corrected chi connectivity index (χ1v) is 8.15. The van der Waals surface area contributed by atoms with E-state index in [4.69, 9.17) is 13.8 Å². The highest BCUT2D eigenvalue weighted by atomic mass is 31.2. The van der Waals surface area contributed by atoms with E-state index in [2.05, 4.69) is 0 Å². The van der Waals surface area contributed by atoms with E-state index in [1.165, 1.54) is 14.2 Å². The van der Waals surface area contributed by atoms with Gasteiger partial charge in [0.1, 0.15) is 0 Å². The molecule has 0 saturated heterocycles. The summed E-state index contributed by atoms with van der Waals surface area (Å²) < 4.78 is 28.0. The lowest BCUT2D eigenvalue weighted by Gasteiger charge is -2.14. The SMILES string of the molecule is COP(=O)(OC)c1cccc(COCc2ccccc2)c1. The van der Waals surface area contributed by atoms with Crippen LogP contribution in [-0.2, 0) is 31.6 Å². The lowest BCUT2D eigenvalue weighted by atomic mass is 10.2. The zero-order chi connectivity index (χ0) is 15.1. The van der Waals surface area contributed by atoms with Gasteiger partial charge in [-0.05, 0) is 23.3 Å². The summed E-state index contributed by atoms with van der Waals surface area (Å²) >= 11 is 0. The molecule has 0 atom stereocenters. The molecule has 0 spiro atoms. The number of ether oxygens (including phenoxy) is 1. The second-order valence-corrected chi connectivity index (χ2v) is 6.75. The highest BCUT2D eigenvalue weighted by molar-refractivity contribution is 7.62. The van der Waals surface area contributed by atoms with Crippen molar-refractivity contribution in [2.75, 3.05) is 14.2 Å². The molecule has 0 saturated carbocycles. The van der Waals surface area contributed by atoms with Gasteiger partial charge in [0, 0.05) is 14.2 Å². The van der Waals surface area contributed by atoms with Crippen molar-refractivity contribution in [1.29, 1.82) is 0 Å². The third-order valence-corrected chi connectivity index (χ3v) is 4.96. The summed E-state index contributed by atoms with van der Waals surface area (Å²) in [6.07, 6.45) is 0. The maximum atomic E-state index is 12.3. The molecule has 0 aliphatic carbocycles. The van der Waals surface area contributed by atoms with Crippen molar-refractivity contribution in [3.05, 3.63) is 65.7 Å². The predicted octanol–water partition coefficient (Wildman–Crippen LogP) is 3.51. The lowest BCUT2D eigenvalue weighted by Crippen LogP contribution is -2.09. The van der Waals surface area contributed by atoms with Crippen LogP contribution in [-0.4, -0.2) is 14.2 Å². The quantitative estimate of drug-likeness (QED) is 0.734. The van der Waals surface area contributed by atoms with Gasteiger partial charge in [0.05, 0.1) is 18.5 Å². The average molecular weight is 306 g/mol. The summed E-state index contributed by atoms with van der Waals surface area (Å²) in [5, 5.41) is 0.535. The molecule has 0 fully saturated rings. The fourth-order valence-corrected chi connectivity index (χ4v) is 3.13. The van der Waals surface area contributed by atoms with E-state index in [1.54, 1.807) is 12.1 Å². The van der Waals surface area contributed by atoms with E-state index in [0.29, 0.717) is 18.5 Å². The molecular weight excluding hydrogens is 287 g/mol. The molecule has 0 amide bonds. The third kappa shape index (κ3) is 4.26. The Balaban J connectivity index is 2.00. The van der Waals surface area contributed by atoms with E-state index >= 15 is 0 Å². The zero-order valence-corrected chi connectivity index (χ0v) is 13.1. The van der Waals surface area contributed by atoms with Crippen LogP contribution in [0, 0.1) is 0 Å². The molecule has 0 N–H and O–H groups in total. The summed E-state index contributed by atoms with van der Waals surface area (Å²) in [5.41, 5.74) is 2.05. The van der Waals surface area contributed by atoms with Gasteiger partial charge in [-0.15, -0.1) is 0 Å². The van der Waals surface area contributed by atoms with Gasteiger partial charge in [0.15, 0.2) is 0 Å². The maximum absolute atomic E-state index is 12.3. The van der Waals surface area contributed by atoms with E-state index in [1.807, 2.05) is 42.5 Å². The molecule has 0 unspecified atom stereocenters. The second kappa shape index (κ2) is 7.53. The van der Waals surface area contributed by atoms with Crippen molar-refractivity contribution in [3.8, 4) is 0 Å². The Bertz CT molecular complexity index is 605. The van der Waals surface area contributed by atoms with Crippen molar-refractivity contribution in [1.82, 2.24) is 0 Å². The molecule has 0 bridgehead atoms. The van der Waals surface area contributed by atoms with Gasteiger partial charge in [-0.2, -0.15) is 0 Å². The molecule has 2 rings (SSSR count). The van der Waals surface area contributed by atoms with Gasteiger partial charge in [0.25, 0.3) is 0 Å². The van der Waals surface area contributed by atoms with E-state index in [9.17, 15) is 4.57 Å². The van der Waals surface area contributed by atoms with Gasteiger partial charge in [0.2, 0.25) is 0 Å². The average Bonchev–Trinajstić information content (AvgIpc) is 2.55. The second-order valence-electron chi connectivity index (χ2n) is 4.51. The van der Waals surface area contributed by atoms with Crippen molar-refractivity contribution in [2.24, 2.45) is 0 Å². The van der Waals surface area contributed by atoms with Gasteiger partial charge < -0.3 is 13.8 Å². The number of hydrogen-bond acceptors (Lipinski definition) is 4. The molecule has 0 aliphatic heterocycles. The molecule has 2 aromatic carbocycles. The van der Waals surface area contributed by atoms with Crippen LogP contribution in [0.2, 0.25) is 0 Å². The smallest absolute Gasteiger partial charge is 0.360 e. The van der Waals surface area contributed by atoms with Crippen LogP contribution in [0.1, 0.15) is 11.1 Å². The molecule has 112 valence electrons. The van der Waals surface area contributed by atoms with Crippen molar-refractivity contribution >= 4 is 12.9 Å². The van der Waals surface area contributed by atoms with Crippen LogP contribution in [0.4, 0.5) is 0 Å². The first-order valence-electron chi connectivity index (χ1n) is 6.60. The summed E-state index contributed by atoms with van der Waals surface area (Å²) in [7, 11) is -0.451. The molecule has 5 heteroatoms. The van der Waals surface area contributed by atoms with Crippen LogP contribution in [0.15, 0.2) is 54.6 Å². The molecule has 0 radical (unpaired) electrons. The zero-order valence-electron chi connectivity index (χ0n) is 12.2. The Morgan fingerprint density at radius 1 is 0.857 bits per heavy atom. The molecule has 0 aliphatic rings. The highest BCUT2D eigenvalue weighted by Gasteiger charge is 2.24. The normalized spacial score (nSPS) is 11.5. The number of hydrogen-bond donors (Lipinski definition) is 0. The minimum Gasteiger partial charge on any atom is -0.372 e. The molecule has 0 heterocycles. The summed E-state index contributed by atoms with van der Waals surface area (Å²) in [6.45, 7) is 0.980. The highest BCUT2D eigenvalue weighted by Crippen LogP contribution is 2.44. The Labute approximate surface area is 125 Å². The first kappa shape index (κ1) is 15.9. The molecule has 4 nitrogen and oxygen atoms in total. The first-order chi connectivity index (χ1) is 10.2. The van der Waals surface area contributed by atoms with E-state index in [0.717, 1.165) is 11.1 Å². The predicted molar refractivity (Wildman–Crippen MR) is 82.6 cm³/mol. The Kier molecular flexibility index (Phi) is 5.71. The van der Waals surface area contributed by atoms with Gasteiger partial charge in [-0.25, -0.2) is 0 Å². The Morgan fingerprint density at radius 3 is 2.14 bits per heavy atom. The summed E-state index contributed by atoms with van der Waals surface area (Å²) in [4.78, 5) is 0. The van der Waals surface area contributed by atoms with Crippen LogP contribution < -0.4 is 5.30 Å². The molecular formula is C16H19O4P. The van der Waals surface area contributed by atoms with Crippen LogP contribution in [0.3, 0.4) is 0 Å². The minimum absolute atomic E-state index is 0.441. The van der Waals surface area contributed by atoms with E-state index in [-0.39, 0.29) is 0 Å². The van der Waals surface area contributed by atoms with Crippen molar-refractivity contribution in [2.45, 2.75) is 13.2 Å². The largest absolute Gasteiger partial charge is 0.372 e. The summed E-state index contributed by atoms with van der Waals surface area (Å²) in [6, 6.07) is 17.2. The fourth-order valence-electron chi connectivity index (χ4n) is 1.96. The van der Waals surface area contributed by atoms with Crippen LogP contribution in [0.25, 0.3) is 0 Å². The van der Waals surface area contributed by atoms with Gasteiger partial charge in [-0.1, -0.05) is 42.5 Å². The van der Waals surface area contributed by atoms with Gasteiger partial charge >= 0.3 is 7.60 Å². The Morgan fingerprint density at radius 2 is 1.48 bits per heavy atom. The number of rotatable bonds is 7. The Hall–Kier alpha value is -1.45. The monoisotopic (exact) mass is 306 g/mol. The standard InChI is InChI=1S/C16H19O4P/c1-18-21(17,19-2)16-10-6-9-15(11-16)13-20-12-14-7-4-3-5-8-14/h3-11H,12-13H2,1-2H3. The van der Waals surface area contributed by atoms with Crippen molar-refractivity contribution < 1.29 is 18.3 Å². The lowest BCUT2D eigenvalue weighted by molar-refractivity contribution is 0.107. The van der Waals surface area contributed by atoms with Crippen LogP contribution in [0.5, 0.6) is 0 Å². The van der Waals surface area contributed by atoms with Crippen LogP contribution >= 0.6 is 7.60 Å².